The van der Waals surface area contributed by atoms with Crippen molar-refractivity contribution in [3.05, 3.63) is 0 Å². The minimum absolute atomic E-state index is 0.0348. The zero-order valence-electron chi connectivity index (χ0n) is 22.1. The molecule has 0 saturated heterocycles. The largest absolute Gasteiger partial charge is 0.369 e. The Kier molecular flexibility index (Phi) is 12.0. The van der Waals surface area contributed by atoms with E-state index in [0.29, 0.717) is 18.8 Å². The van der Waals surface area contributed by atoms with Gasteiger partial charge in [0.1, 0.15) is 18.4 Å². The van der Waals surface area contributed by atoms with Crippen LogP contribution in [0.5, 0.6) is 0 Å². The zero-order valence-corrected chi connectivity index (χ0v) is 22.1. The Labute approximate surface area is 204 Å². The summed E-state index contributed by atoms with van der Waals surface area (Å²) in [6.45, 7) is 6.50. The summed E-state index contributed by atoms with van der Waals surface area (Å²) in [7, 11) is 0. The van der Waals surface area contributed by atoms with E-state index in [1.54, 1.807) is 0 Å². The quantitative estimate of drug-likeness (QED) is 0.259. The van der Waals surface area contributed by atoms with Crippen LogP contribution < -0.4 is 0 Å². The van der Waals surface area contributed by atoms with Crippen LogP contribution in [0.15, 0.2) is 0 Å². The standard InChI is InChI=1S/C30H54F2O/c1-4-6-8-9-10-22(3)33-30-28(31)20-27(21-29(30)32)26-18-16-25(17-19-26)24-14-12-23(13-15-24)11-7-5-2/h22-30H,4-21H2,1-3H3. The molecule has 3 saturated carbocycles. The monoisotopic (exact) mass is 468 g/mol. The predicted octanol–water partition coefficient (Wildman–Crippen LogP) is 9.62. The topological polar surface area (TPSA) is 9.23 Å². The van der Waals surface area contributed by atoms with Gasteiger partial charge in [-0.3, -0.25) is 0 Å². The Bertz CT molecular complexity index is 497. The van der Waals surface area contributed by atoms with E-state index in [1.165, 1.54) is 89.9 Å². The van der Waals surface area contributed by atoms with E-state index >= 15 is 8.78 Å². The number of hydrogen-bond acceptors (Lipinski definition) is 1. The van der Waals surface area contributed by atoms with Gasteiger partial charge in [0.2, 0.25) is 0 Å². The average molecular weight is 469 g/mol. The summed E-state index contributed by atoms with van der Waals surface area (Å²) in [6, 6.07) is 0. The summed E-state index contributed by atoms with van der Waals surface area (Å²) < 4.78 is 36.0. The first-order chi connectivity index (χ1) is 16.0. The number of ether oxygens (including phenoxy) is 1. The van der Waals surface area contributed by atoms with E-state index in [1.807, 2.05) is 6.92 Å². The Morgan fingerprint density at radius 2 is 1.18 bits per heavy atom. The van der Waals surface area contributed by atoms with Gasteiger partial charge in [-0.2, -0.15) is 0 Å². The molecule has 0 aromatic heterocycles. The molecule has 0 aromatic carbocycles. The molecule has 3 atom stereocenters. The maximum absolute atomic E-state index is 15.0. The van der Waals surface area contributed by atoms with Crippen LogP contribution >= 0.6 is 0 Å². The van der Waals surface area contributed by atoms with Gasteiger partial charge in [0.05, 0.1) is 6.10 Å². The SMILES string of the molecule is CCCCCCC(C)OC1C(F)CC(C2CCC(C3CCC(CCCC)CC3)CC2)CC1F. The lowest BCUT2D eigenvalue weighted by molar-refractivity contribution is -0.117. The highest BCUT2D eigenvalue weighted by Crippen LogP contribution is 2.46. The molecule has 0 bridgehead atoms. The fourth-order valence-electron chi connectivity index (χ4n) is 7.45. The van der Waals surface area contributed by atoms with E-state index < -0.39 is 18.4 Å². The zero-order chi connectivity index (χ0) is 23.6. The Morgan fingerprint density at radius 3 is 1.73 bits per heavy atom. The molecule has 0 radical (unpaired) electrons. The minimum atomic E-state index is -1.13. The Hall–Kier alpha value is -0.180. The summed E-state index contributed by atoms with van der Waals surface area (Å²) in [5.74, 6) is 3.54. The molecular formula is C30H54F2O. The van der Waals surface area contributed by atoms with Crippen molar-refractivity contribution in [2.45, 2.75) is 161 Å². The fraction of sp³-hybridized carbons (Fsp3) is 1.00. The molecule has 194 valence electrons. The third-order valence-corrected chi connectivity index (χ3v) is 9.63. The second kappa shape index (κ2) is 14.4. The van der Waals surface area contributed by atoms with Crippen LogP contribution in [0.1, 0.15) is 136 Å². The van der Waals surface area contributed by atoms with Gasteiger partial charge in [-0.15, -0.1) is 0 Å². The van der Waals surface area contributed by atoms with Crippen LogP contribution in [0.4, 0.5) is 8.78 Å². The summed E-state index contributed by atoms with van der Waals surface area (Å²) in [5, 5.41) is 0. The molecule has 0 spiro atoms. The van der Waals surface area contributed by atoms with Crippen LogP contribution in [0, 0.1) is 29.6 Å². The van der Waals surface area contributed by atoms with Crippen molar-refractivity contribution >= 4 is 0 Å². The van der Waals surface area contributed by atoms with Crippen molar-refractivity contribution in [2.24, 2.45) is 29.6 Å². The molecule has 0 heterocycles. The summed E-state index contributed by atoms with van der Waals surface area (Å²) in [6.07, 6.45) is 18.5. The van der Waals surface area contributed by atoms with E-state index in [-0.39, 0.29) is 12.0 Å². The highest BCUT2D eigenvalue weighted by Gasteiger charge is 2.43. The van der Waals surface area contributed by atoms with E-state index in [2.05, 4.69) is 13.8 Å². The third kappa shape index (κ3) is 8.46. The first kappa shape index (κ1) is 27.4. The van der Waals surface area contributed by atoms with Crippen molar-refractivity contribution in [2.75, 3.05) is 0 Å². The molecule has 3 unspecified atom stereocenters. The molecule has 0 aliphatic heterocycles. The number of halogens is 2. The van der Waals surface area contributed by atoms with Crippen LogP contribution in [0.2, 0.25) is 0 Å². The second-order valence-corrected chi connectivity index (χ2v) is 12.1. The molecule has 3 rings (SSSR count). The van der Waals surface area contributed by atoms with Gasteiger partial charge in [-0.25, -0.2) is 8.78 Å². The lowest BCUT2D eigenvalue weighted by atomic mass is 9.65. The lowest BCUT2D eigenvalue weighted by Gasteiger charge is -2.43. The van der Waals surface area contributed by atoms with Crippen LogP contribution in [-0.4, -0.2) is 24.6 Å². The van der Waals surface area contributed by atoms with Gasteiger partial charge in [-0.05, 0) is 94.3 Å². The van der Waals surface area contributed by atoms with Gasteiger partial charge in [0.15, 0.2) is 0 Å². The maximum Gasteiger partial charge on any atom is 0.129 e. The van der Waals surface area contributed by atoms with Gasteiger partial charge < -0.3 is 4.74 Å². The van der Waals surface area contributed by atoms with E-state index in [9.17, 15) is 0 Å². The molecule has 0 aromatic rings. The van der Waals surface area contributed by atoms with Crippen molar-refractivity contribution in [3.8, 4) is 0 Å². The van der Waals surface area contributed by atoms with E-state index in [4.69, 9.17) is 4.74 Å². The smallest absolute Gasteiger partial charge is 0.129 e. The molecule has 1 nitrogen and oxygen atoms in total. The number of unbranched alkanes of at least 4 members (excludes halogenated alkanes) is 4. The molecule has 3 fully saturated rings. The van der Waals surface area contributed by atoms with Gasteiger partial charge in [0.25, 0.3) is 0 Å². The van der Waals surface area contributed by atoms with Crippen LogP contribution in [0.25, 0.3) is 0 Å². The lowest BCUT2D eigenvalue weighted by Crippen LogP contribution is -2.45. The molecule has 0 amide bonds. The first-order valence-electron chi connectivity index (χ1n) is 14.9. The highest BCUT2D eigenvalue weighted by atomic mass is 19.1. The highest BCUT2D eigenvalue weighted by molar-refractivity contribution is 4.93. The summed E-state index contributed by atoms with van der Waals surface area (Å²) in [5.41, 5.74) is 0. The molecule has 3 aliphatic carbocycles. The number of hydrogen-bond donors (Lipinski definition) is 0. The normalized spacial score (nSPS) is 38.8. The fourth-order valence-corrected chi connectivity index (χ4v) is 7.45. The summed E-state index contributed by atoms with van der Waals surface area (Å²) >= 11 is 0. The first-order valence-corrected chi connectivity index (χ1v) is 14.9. The molecular weight excluding hydrogens is 414 g/mol. The van der Waals surface area contributed by atoms with Gasteiger partial charge in [0, 0.05) is 0 Å². The molecule has 3 aliphatic rings. The van der Waals surface area contributed by atoms with Crippen molar-refractivity contribution < 1.29 is 13.5 Å². The minimum Gasteiger partial charge on any atom is -0.369 e. The number of rotatable bonds is 12. The van der Waals surface area contributed by atoms with Gasteiger partial charge >= 0.3 is 0 Å². The summed E-state index contributed by atoms with van der Waals surface area (Å²) in [4.78, 5) is 0. The van der Waals surface area contributed by atoms with Crippen molar-refractivity contribution in [1.29, 1.82) is 0 Å². The third-order valence-electron chi connectivity index (χ3n) is 9.63. The Morgan fingerprint density at radius 1 is 0.667 bits per heavy atom. The van der Waals surface area contributed by atoms with Crippen LogP contribution in [0.3, 0.4) is 0 Å². The van der Waals surface area contributed by atoms with Crippen LogP contribution in [-0.2, 0) is 4.74 Å². The van der Waals surface area contributed by atoms with E-state index in [0.717, 1.165) is 30.6 Å². The Balaban J connectivity index is 1.37. The van der Waals surface area contributed by atoms with Gasteiger partial charge in [-0.1, -0.05) is 71.6 Å². The molecule has 3 heteroatoms. The second-order valence-electron chi connectivity index (χ2n) is 12.1. The van der Waals surface area contributed by atoms with Crippen molar-refractivity contribution in [3.63, 3.8) is 0 Å². The maximum atomic E-state index is 15.0. The number of alkyl halides is 2. The molecule has 0 N–H and O–H groups in total. The molecule has 33 heavy (non-hydrogen) atoms. The predicted molar refractivity (Wildman–Crippen MR) is 136 cm³/mol. The average Bonchev–Trinajstić information content (AvgIpc) is 2.83. The van der Waals surface area contributed by atoms with Crippen molar-refractivity contribution in [1.82, 2.24) is 0 Å².